The summed E-state index contributed by atoms with van der Waals surface area (Å²) in [4.78, 5) is 13.8. The molecule has 0 spiro atoms. The Kier molecular flexibility index (Phi) is 9.25. The van der Waals surface area contributed by atoms with E-state index in [9.17, 15) is 4.79 Å². The van der Waals surface area contributed by atoms with E-state index in [1.54, 1.807) is 0 Å². The Labute approximate surface area is 196 Å². The molecule has 170 valence electrons. The van der Waals surface area contributed by atoms with Crippen LogP contribution in [0.25, 0.3) is 0 Å². The van der Waals surface area contributed by atoms with Crippen LogP contribution in [0.3, 0.4) is 0 Å². The lowest BCUT2D eigenvalue weighted by atomic mass is 9.85. The van der Waals surface area contributed by atoms with Gasteiger partial charge in [-0.2, -0.15) is 0 Å². The first-order valence-electron chi connectivity index (χ1n) is 10.8. The van der Waals surface area contributed by atoms with E-state index >= 15 is 0 Å². The summed E-state index contributed by atoms with van der Waals surface area (Å²) in [6, 6.07) is 17.5. The number of aliphatic hydroxyl groups is 1. The smallest absolute Gasteiger partial charge is 0.348 e. The number of aryl methyl sites for hydroxylation is 1. The quantitative estimate of drug-likeness (QED) is 0.314. The second-order valence-corrected chi connectivity index (χ2v) is 8.85. The summed E-state index contributed by atoms with van der Waals surface area (Å²) in [5, 5.41) is 9.16. The number of hydrogen-bond donors (Lipinski definition) is 1. The average Bonchev–Trinajstić information content (AvgIpc) is 3.08. The lowest BCUT2D eigenvalue weighted by Crippen LogP contribution is -3.00. The maximum atomic E-state index is 13.8. The molecule has 6 heteroatoms. The maximum absolute atomic E-state index is 13.8. The summed E-state index contributed by atoms with van der Waals surface area (Å²) in [7, 11) is 4.31. The van der Waals surface area contributed by atoms with Crippen molar-refractivity contribution in [3.63, 3.8) is 0 Å². The van der Waals surface area contributed by atoms with Gasteiger partial charge in [-0.25, -0.2) is 4.79 Å². The van der Waals surface area contributed by atoms with Crippen molar-refractivity contribution in [2.45, 2.75) is 37.9 Å². The normalized spacial score (nSPS) is 19.3. The molecule has 2 aromatic rings. The molecule has 0 saturated carbocycles. The van der Waals surface area contributed by atoms with E-state index in [0.29, 0.717) is 19.4 Å². The summed E-state index contributed by atoms with van der Waals surface area (Å²) in [5.41, 5.74) is 1.31. The van der Waals surface area contributed by atoms with Gasteiger partial charge in [-0.3, -0.25) is 0 Å². The number of unbranched alkanes of at least 4 members (excludes halogenated alkanes) is 1. The molecule has 1 saturated heterocycles. The molecular weight excluding hydrogens is 458 g/mol. The molecular formula is C25H34BrNO4. The fourth-order valence-corrected chi connectivity index (χ4v) is 4.09. The number of rotatable bonds is 9. The monoisotopic (exact) mass is 491 g/mol. The van der Waals surface area contributed by atoms with Gasteiger partial charge in [-0.05, 0) is 30.9 Å². The average molecular weight is 492 g/mol. The first-order chi connectivity index (χ1) is 14.4. The highest BCUT2D eigenvalue weighted by Crippen LogP contribution is 2.37. The zero-order valence-electron chi connectivity index (χ0n) is 18.7. The molecule has 31 heavy (non-hydrogen) atoms. The van der Waals surface area contributed by atoms with Crippen LogP contribution in [0.1, 0.15) is 36.0 Å². The predicted molar refractivity (Wildman–Crippen MR) is 117 cm³/mol. The van der Waals surface area contributed by atoms with E-state index in [2.05, 4.69) is 14.1 Å². The summed E-state index contributed by atoms with van der Waals surface area (Å²) in [5.74, 6) is -0.367. The molecule has 1 N–H and O–H groups in total. The molecule has 3 rings (SSSR count). The molecule has 2 atom stereocenters. The number of carbonyl (C=O) groups is 1. The Morgan fingerprint density at radius 2 is 1.71 bits per heavy atom. The number of nitrogens with zero attached hydrogens (tertiary/aromatic N) is 1. The number of likely N-dealkylation sites (N-methyl/N-ethyl adjacent to an activating group) is 1. The SMILES string of the molecule is Cc1ccc(C(OCCCCO)(C(=O)OC2CC[N+](C)(C)C2)c2ccccc2)cc1.[Br-]. The van der Waals surface area contributed by atoms with E-state index in [4.69, 9.17) is 14.6 Å². The zero-order chi connectivity index (χ0) is 21.6. The zero-order valence-corrected chi connectivity index (χ0v) is 20.3. The van der Waals surface area contributed by atoms with Gasteiger partial charge in [0.15, 0.2) is 6.10 Å². The molecule has 2 unspecified atom stereocenters. The maximum Gasteiger partial charge on any atom is 0.348 e. The summed E-state index contributed by atoms with van der Waals surface area (Å²) >= 11 is 0. The van der Waals surface area contributed by atoms with E-state index in [-0.39, 0.29) is 35.7 Å². The van der Waals surface area contributed by atoms with Crippen LogP contribution in [0.5, 0.6) is 0 Å². The van der Waals surface area contributed by atoms with Crippen LogP contribution in [0, 0.1) is 6.92 Å². The fourth-order valence-electron chi connectivity index (χ4n) is 4.09. The topological polar surface area (TPSA) is 55.8 Å². The number of esters is 1. The van der Waals surface area contributed by atoms with Gasteiger partial charge >= 0.3 is 5.97 Å². The Hall–Kier alpha value is -1.73. The minimum atomic E-state index is -1.33. The number of ether oxygens (including phenoxy) is 2. The largest absolute Gasteiger partial charge is 1.00 e. The highest BCUT2D eigenvalue weighted by molar-refractivity contribution is 5.86. The van der Waals surface area contributed by atoms with Crippen LogP contribution < -0.4 is 17.0 Å². The number of benzene rings is 2. The van der Waals surface area contributed by atoms with Gasteiger partial charge in [-0.1, -0.05) is 60.2 Å². The number of quaternary nitrogens is 1. The summed E-state index contributed by atoms with van der Waals surface area (Å²) in [6.45, 7) is 4.26. The van der Waals surface area contributed by atoms with Gasteiger partial charge in [0.1, 0.15) is 6.54 Å². The van der Waals surface area contributed by atoms with E-state index in [1.807, 2.05) is 61.5 Å². The van der Waals surface area contributed by atoms with Crippen molar-refractivity contribution >= 4 is 5.97 Å². The third-order valence-corrected chi connectivity index (χ3v) is 5.82. The van der Waals surface area contributed by atoms with Crippen LogP contribution in [-0.2, 0) is 19.9 Å². The Morgan fingerprint density at radius 1 is 1.06 bits per heavy atom. The number of carbonyl (C=O) groups excluding carboxylic acids is 1. The predicted octanol–water partition coefficient (Wildman–Crippen LogP) is 0.424. The van der Waals surface area contributed by atoms with Crippen LogP contribution in [0.15, 0.2) is 54.6 Å². The minimum absolute atomic E-state index is 0. The molecule has 0 radical (unpaired) electrons. The van der Waals surface area contributed by atoms with Gasteiger partial charge in [0, 0.05) is 19.6 Å². The third-order valence-electron chi connectivity index (χ3n) is 5.82. The Bertz CT molecular complexity index is 825. The molecule has 1 fully saturated rings. The van der Waals surface area contributed by atoms with E-state index in [0.717, 1.165) is 40.7 Å². The van der Waals surface area contributed by atoms with Gasteiger partial charge in [0.25, 0.3) is 0 Å². The molecule has 0 bridgehead atoms. The van der Waals surface area contributed by atoms with Crippen LogP contribution in [0.2, 0.25) is 0 Å². The van der Waals surface area contributed by atoms with E-state index in [1.165, 1.54) is 0 Å². The second kappa shape index (κ2) is 11.2. The number of hydrogen-bond acceptors (Lipinski definition) is 4. The van der Waals surface area contributed by atoms with Crippen molar-refractivity contribution in [3.8, 4) is 0 Å². The lowest BCUT2D eigenvalue weighted by molar-refractivity contribution is -0.879. The van der Waals surface area contributed by atoms with Crippen molar-refractivity contribution in [3.05, 3.63) is 71.3 Å². The van der Waals surface area contributed by atoms with Crippen molar-refractivity contribution in [2.75, 3.05) is 40.4 Å². The van der Waals surface area contributed by atoms with Crippen molar-refractivity contribution in [1.29, 1.82) is 0 Å². The first kappa shape index (κ1) is 25.5. The second-order valence-electron chi connectivity index (χ2n) is 8.85. The van der Waals surface area contributed by atoms with Crippen LogP contribution in [0.4, 0.5) is 0 Å². The lowest BCUT2D eigenvalue weighted by Gasteiger charge is -2.34. The standard InChI is InChI=1S/C25H34NO4.BrH/c1-20-11-13-22(14-12-20)25(29-18-8-7-17-27,21-9-5-4-6-10-21)24(28)30-23-15-16-26(2,3)19-23;/h4-6,9-14,23,27H,7-8,15-19H2,1-3H3;1H/q+1;/p-1. The number of aliphatic hydroxyl groups excluding tert-OH is 1. The highest BCUT2D eigenvalue weighted by atomic mass is 79.9. The van der Waals surface area contributed by atoms with Gasteiger partial charge in [-0.15, -0.1) is 0 Å². The Balaban J connectivity index is 0.00000341. The van der Waals surface area contributed by atoms with Crippen molar-refractivity contribution in [1.82, 2.24) is 0 Å². The molecule has 2 aromatic carbocycles. The molecule has 0 amide bonds. The first-order valence-corrected chi connectivity index (χ1v) is 10.8. The molecule has 1 aliphatic heterocycles. The van der Waals surface area contributed by atoms with Crippen molar-refractivity contribution < 1.29 is 40.8 Å². The summed E-state index contributed by atoms with van der Waals surface area (Å²) < 4.78 is 13.3. The highest BCUT2D eigenvalue weighted by Gasteiger charge is 2.47. The molecule has 1 heterocycles. The molecule has 0 aromatic heterocycles. The van der Waals surface area contributed by atoms with Crippen molar-refractivity contribution in [2.24, 2.45) is 0 Å². The fraction of sp³-hybridized carbons (Fsp3) is 0.480. The molecule has 0 aliphatic carbocycles. The number of likely N-dealkylation sites (tertiary alicyclic amines) is 1. The van der Waals surface area contributed by atoms with Gasteiger partial charge < -0.3 is 36.0 Å². The Morgan fingerprint density at radius 3 is 2.29 bits per heavy atom. The van der Waals surface area contributed by atoms with Crippen LogP contribution in [-0.4, -0.2) is 62.1 Å². The summed E-state index contributed by atoms with van der Waals surface area (Å²) in [6.07, 6.45) is 2.02. The number of halogens is 1. The molecule has 1 aliphatic rings. The van der Waals surface area contributed by atoms with E-state index < -0.39 is 5.60 Å². The minimum Gasteiger partial charge on any atom is -1.00 e. The molecule has 5 nitrogen and oxygen atoms in total. The van der Waals surface area contributed by atoms with Gasteiger partial charge in [0.2, 0.25) is 5.60 Å². The third kappa shape index (κ3) is 6.16. The van der Waals surface area contributed by atoms with Gasteiger partial charge in [0.05, 0.1) is 20.6 Å². The van der Waals surface area contributed by atoms with Crippen LogP contribution >= 0.6 is 0 Å².